The van der Waals surface area contributed by atoms with Crippen LogP contribution in [0.15, 0.2) is 41.4 Å². The number of rotatable bonds is 9. The van der Waals surface area contributed by atoms with Crippen molar-refractivity contribution in [3.05, 3.63) is 64.7 Å². The highest BCUT2D eigenvalue weighted by molar-refractivity contribution is 5.80. The van der Waals surface area contributed by atoms with E-state index in [4.69, 9.17) is 4.74 Å². The van der Waals surface area contributed by atoms with Gasteiger partial charge in [0.25, 0.3) is 0 Å². The Morgan fingerprint density at radius 3 is 2.67 bits per heavy atom. The summed E-state index contributed by atoms with van der Waals surface area (Å²) in [5.74, 6) is 0.615. The summed E-state index contributed by atoms with van der Waals surface area (Å²) < 4.78 is 33.5. The molecule has 0 radical (unpaired) electrons. The van der Waals surface area contributed by atoms with Gasteiger partial charge >= 0.3 is 0 Å². The molecule has 1 aliphatic rings. The molecule has 1 unspecified atom stereocenters. The maximum atomic E-state index is 14.4. The van der Waals surface area contributed by atoms with E-state index in [2.05, 4.69) is 15.6 Å². The third-order valence-corrected chi connectivity index (χ3v) is 5.03. The summed E-state index contributed by atoms with van der Waals surface area (Å²) in [5, 5.41) is 15.6. The lowest BCUT2D eigenvalue weighted by Gasteiger charge is -2.19. The van der Waals surface area contributed by atoms with Gasteiger partial charge in [0, 0.05) is 12.1 Å². The predicted octanol–water partition coefficient (Wildman–Crippen LogP) is 4.06. The van der Waals surface area contributed by atoms with Gasteiger partial charge in [0.15, 0.2) is 17.5 Å². The predicted molar refractivity (Wildman–Crippen MR) is 113 cm³/mol. The lowest BCUT2D eigenvalue weighted by Crippen LogP contribution is -2.38. The second-order valence-electron chi connectivity index (χ2n) is 7.59. The Bertz CT molecular complexity index is 885. The molecule has 0 aromatic heterocycles. The summed E-state index contributed by atoms with van der Waals surface area (Å²) in [4.78, 5) is 4.52. The molecule has 5 nitrogen and oxygen atoms in total. The van der Waals surface area contributed by atoms with E-state index in [0.717, 1.165) is 24.0 Å². The number of nitrogens with zero attached hydrogens (tertiary/aromatic N) is 1. The third-order valence-electron chi connectivity index (χ3n) is 5.03. The van der Waals surface area contributed by atoms with E-state index in [-0.39, 0.29) is 29.8 Å². The van der Waals surface area contributed by atoms with E-state index >= 15 is 0 Å². The Kier molecular flexibility index (Phi) is 7.63. The lowest BCUT2D eigenvalue weighted by atomic mass is 10.1. The number of benzene rings is 2. The Labute approximate surface area is 176 Å². The molecule has 0 amide bonds. The lowest BCUT2D eigenvalue weighted by molar-refractivity contribution is 0.275. The standard InChI is InChI=1S/C23H29F2N3O2/c1-3-26-23(27-12-17-6-8-20(24)19(10-17)13-29)28-15(2)18-7-9-22(21(25)11-18)30-14-16-4-5-16/h6-11,15-16,29H,3-5,12-14H2,1-2H3,(H2,26,27,28). The highest BCUT2D eigenvalue weighted by atomic mass is 19.1. The SMILES string of the molecule is CCNC(=NCc1ccc(F)c(CO)c1)NC(C)c1ccc(OCC2CC2)c(F)c1. The molecule has 0 aliphatic heterocycles. The van der Waals surface area contributed by atoms with E-state index in [0.29, 0.717) is 31.6 Å². The number of aliphatic hydroxyl groups excluding tert-OH is 1. The monoisotopic (exact) mass is 417 g/mol. The molecule has 1 saturated carbocycles. The van der Waals surface area contributed by atoms with Crippen LogP contribution < -0.4 is 15.4 Å². The number of halogens is 2. The number of ether oxygens (including phenoxy) is 1. The topological polar surface area (TPSA) is 65.9 Å². The Morgan fingerprint density at radius 1 is 1.20 bits per heavy atom. The number of hydrogen-bond donors (Lipinski definition) is 3. The van der Waals surface area contributed by atoms with Crippen molar-refractivity contribution < 1.29 is 18.6 Å². The quantitative estimate of drug-likeness (QED) is 0.425. The van der Waals surface area contributed by atoms with Crippen molar-refractivity contribution in [3.63, 3.8) is 0 Å². The van der Waals surface area contributed by atoms with Gasteiger partial charge in [-0.1, -0.05) is 12.1 Å². The van der Waals surface area contributed by atoms with Crippen molar-refractivity contribution in [2.75, 3.05) is 13.2 Å². The molecule has 2 aromatic carbocycles. The molecule has 2 aromatic rings. The first-order valence-corrected chi connectivity index (χ1v) is 10.4. The second kappa shape index (κ2) is 10.4. The van der Waals surface area contributed by atoms with Crippen LogP contribution in [0.2, 0.25) is 0 Å². The van der Waals surface area contributed by atoms with Gasteiger partial charge in [-0.2, -0.15) is 0 Å². The smallest absolute Gasteiger partial charge is 0.192 e. The summed E-state index contributed by atoms with van der Waals surface area (Å²) in [7, 11) is 0. The van der Waals surface area contributed by atoms with Crippen molar-refractivity contribution in [2.45, 2.75) is 45.9 Å². The highest BCUT2D eigenvalue weighted by Crippen LogP contribution is 2.30. The van der Waals surface area contributed by atoms with Crippen LogP contribution in [0.1, 0.15) is 49.4 Å². The minimum absolute atomic E-state index is 0.184. The fourth-order valence-corrected chi connectivity index (χ4v) is 3.02. The zero-order valence-corrected chi connectivity index (χ0v) is 17.4. The molecule has 0 saturated heterocycles. The Balaban J connectivity index is 1.64. The van der Waals surface area contributed by atoms with E-state index in [1.807, 2.05) is 19.9 Å². The minimum atomic E-state index is -0.435. The summed E-state index contributed by atoms with van der Waals surface area (Å²) >= 11 is 0. The Hall–Kier alpha value is -2.67. The number of aliphatic imine (C=N–C) groups is 1. The van der Waals surface area contributed by atoms with Crippen molar-refractivity contribution >= 4 is 5.96 Å². The van der Waals surface area contributed by atoms with Crippen molar-refractivity contribution in [3.8, 4) is 5.75 Å². The first-order chi connectivity index (χ1) is 14.5. The van der Waals surface area contributed by atoms with Crippen LogP contribution in [-0.2, 0) is 13.2 Å². The molecule has 162 valence electrons. The average molecular weight is 418 g/mol. The number of nitrogens with one attached hydrogen (secondary N) is 2. The number of guanidine groups is 1. The molecule has 0 spiro atoms. The van der Waals surface area contributed by atoms with Crippen LogP contribution in [0, 0.1) is 17.6 Å². The molecule has 3 rings (SSSR count). The summed E-state index contributed by atoms with van der Waals surface area (Å²) in [6, 6.07) is 9.38. The zero-order chi connectivity index (χ0) is 21.5. The molecular weight excluding hydrogens is 388 g/mol. The summed E-state index contributed by atoms with van der Waals surface area (Å²) in [5.41, 5.74) is 1.81. The molecule has 0 bridgehead atoms. The highest BCUT2D eigenvalue weighted by Gasteiger charge is 2.22. The summed E-state index contributed by atoms with van der Waals surface area (Å²) in [6.07, 6.45) is 2.32. The van der Waals surface area contributed by atoms with Gasteiger partial charge in [-0.05, 0) is 68.0 Å². The molecule has 0 heterocycles. The molecule has 3 N–H and O–H groups in total. The Morgan fingerprint density at radius 2 is 2.00 bits per heavy atom. The van der Waals surface area contributed by atoms with E-state index in [1.165, 1.54) is 12.1 Å². The van der Waals surface area contributed by atoms with E-state index < -0.39 is 5.82 Å². The molecule has 1 aliphatic carbocycles. The zero-order valence-electron chi connectivity index (χ0n) is 17.4. The van der Waals surface area contributed by atoms with Crippen molar-refractivity contribution in [2.24, 2.45) is 10.9 Å². The van der Waals surface area contributed by atoms with Crippen LogP contribution >= 0.6 is 0 Å². The molecule has 1 fully saturated rings. The van der Waals surface area contributed by atoms with Crippen molar-refractivity contribution in [1.29, 1.82) is 0 Å². The third kappa shape index (κ3) is 6.16. The van der Waals surface area contributed by atoms with Crippen LogP contribution in [0.25, 0.3) is 0 Å². The fourth-order valence-electron chi connectivity index (χ4n) is 3.02. The first kappa shape index (κ1) is 22.0. The number of aliphatic hydroxyl groups is 1. The first-order valence-electron chi connectivity index (χ1n) is 10.4. The molecule has 7 heteroatoms. The fraction of sp³-hybridized carbons (Fsp3) is 0.435. The van der Waals surface area contributed by atoms with Gasteiger partial charge in [-0.25, -0.2) is 13.8 Å². The van der Waals surface area contributed by atoms with Gasteiger partial charge in [0.2, 0.25) is 0 Å². The van der Waals surface area contributed by atoms with Gasteiger partial charge in [-0.15, -0.1) is 0 Å². The van der Waals surface area contributed by atoms with Gasteiger partial charge < -0.3 is 20.5 Å². The van der Waals surface area contributed by atoms with E-state index in [9.17, 15) is 13.9 Å². The maximum Gasteiger partial charge on any atom is 0.192 e. The normalized spacial score (nSPS) is 15.0. The second-order valence-corrected chi connectivity index (χ2v) is 7.59. The van der Waals surface area contributed by atoms with Crippen LogP contribution in [0.4, 0.5) is 8.78 Å². The molecule has 30 heavy (non-hydrogen) atoms. The maximum absolute atomic E-state index is 14.4. The van der Waals surface area contributed by atoms with Gasteiger partial charge in [-0.3, -0.25) is 0 Å². The summed E-state index contributed by atoms with van der Waals surface area (Å²) in [6.45, 7) is 5.07. The van der Waals surface area contributed by atoms with Gasteiger partial charge in [0.05, 0.1) is 25.8 Å². The number of hydrogen-bond acceptors (Lipinski definition) is 3. The largest absolute Gasteiger partial charge is 0.490 e. The van der Waals surface area contributed by atoms with Crippen LogP contribution in [0.3, 0.4) is 0 Å². The van der Waals surface area contributed by atoms with Crippen LogP contribution in [0.5, 0.6) is 5.75 Å². The molecular formula is C23H29F2N3O2. The van der Waals surface area contributed by atoms with Crippen LogP contribution in [-0.4, -0.2) is 24.2 Å². The molecule has 1 atom stereocenters. The van der Waals surface area contributed by atoms with Crippen molar-refractivity contribution in [1.82, 2.24) is 10.6 Å². The average Bonchev–Trinajstić information content (AvgIpc) is 3.56. The minimum Gasteiger partial charge on any atom is -0.490 e. The van der Waals surface area contributed by atoms with Gasteiger partial charge in [0.1, 0.15) is 5.82 Å². The van der Waals surface area contributed by atoms with E-state index in [1.54, 1.807) is 18.2 Å².